The molecule has 2 amide bonds. The molecule has 34 heavy (non-hydrogen) atoms. The first-order valence-electron chi connectivity index (χ1n) is 11.4. The number of nitrogens with one attached hydrogen (secondary N) is 1. The van der Waals surface area contributed by atoms with Crippen molar-refractivity contribution in [3.05, 3.63) is 64.7 Å². The van der Waals surface area contributed by atoms with Crippen molar-refractivity contribution in [3.8, 4) is 0 Å². The average Bonchev–Trinajstić information content (AvgIpc) is 3.29. The Balaban J connectivity index is 1.88. The number of sulfonamides is 1. The smallest absolute Gasteiger partial charge is 0.244 e. The van der Waals surface area contributed by atoms with E-state index in [9.17, 15) is 18.0 Å². The highest BCUT2D eigenvalue weighted by Crippen LogP contribution is 2.22. The van der Waals surface area contributed by atoms with Gasteiger partial charge in [0, 0.05) is 17.6 Å². The van der Waals surface area contributed by atoms with E-state index in [1.165, 1.54) is 4.90 Å². The van der Waals surface area contributed by atoms with Gasteiger partial charge in [0.05, 0.1) is 11.9 Å². The van der Waals surface area contributed by atoms with Gasteiger partial charge in [-0.05, 0) is 62.1 Å². The van der Waals surface area contributed by atoms with Crippen LogP contribution in [0.15, 0.2) is 48.5 Å². The number of aryl methyl sites for hydroxylation is 1. The van der Waals surface area contributed by atoms with E-state index >= 15 is 0 Å². The normalized spacial score (nSPS) is 15.1. The standard InChI is InChI=1S/C25H32ClN3O4S/c1-18-8-4-5-9-20(18)16-28(19(2)25(31)27-22-10-6-7-11-22)24(30)17-29(34(3,32)33)23-14-12-21(26)13-15-23/h4-5,8-9,12-15,19,22H,6-7,10-11,16-17H2,1-3H3,(H,27,31)/t19-/m1/s1. The Morgan fingerprint density at radius 2 is 1.71 bits per heavy atom. The first kappa shape index (κ1) is 26.0. The Bertz CT molecular complexity index is 1120. The number of carbonyl (C=O) groups excluding carboxylic acids is 2. The largest absolute Gasteiger partial charge is 0.352 e. The summed E-state index contributed by atoms with van der Waals surface area (Å²) in [7, 11) is -3.76. The van der Waals surface area contributed by atoms with Gasteiger partial charge >= 0.3 is 0 Å². The molecule has 3 rings (SSSR count). The topological polar surface area (TPSA) is 86.8 Å². The van der Waals surface area contributed by atoms with Gasteiger partial charge in [-0.25, -0.2) is 8.42 Å². The Hall–Kier alpha value is -2.58. The van der Waals surface area contributed by atoms with Crippen molar-refractivity contribution in [3.63, 3.8) is 0 Å². The molecule has 0 unspecified atom stereocenters. The zero-order chi connectivity index (χ0) is 24.9. The number of hydrogen-bond acceptors (Lipinski definition) is 4. The molecule has 0 spiro atoms. The van der Waals surface area contributed by atoms with E-state index < -0.39 is 28.5 Å². The van der Waals surface area contributed by atoms with Crippen LogP contribution in [0, 0.1) is 6.92 Å². The van der Waals surface area contributed by atoms with Crippen molar-refractivity contribution in [1.29, 1.82) is 0 Å². The molecule has 0 aromatic heterocycles. The van der Waals surface area contributed by atoms with Crippen molar-refractivity contribution in [2.24, 2.45) is 0 Å². The molecule has 0 radical (unpaired) electrons. The quantitative estimate of drug-likeness (QED) is 0.560. The summed E-state index contributed by atoms with van der Waals surface area (Å²) < 4.78 is 26.2. The van der Waals surface area contributed by atoms with Gasteiger partial charge in [0.25, 0.3) is 0 Å². The Morgan fingerprint density at radius 3 is 2.29 bits per heavy atom. The fraction of sp³-hybridized carbons (Fsp3) is 0.440. The van der Waals surface area contributed by atoms with Gasteiger partial charge in [-0.2, -0.15) is 0 Å². The molecule has 1 atom stereocenters. The van der Waals surface area contributed by atoms with Crippen LogP contribution in [-0.4, -0.2) is 50.0 Å². The maximum Gasteiger partial charge on any atom is 0.244 e. The third kappa shape index (κ3) is 6.73. The zero-order valence-electron chi connectivity index (χ0n) is 19.8. The van der Waals surface area contributed by atoms with Gasteiger partial charge in [0.1, 0.15) is 12.6 Å². The van der Waals surface area contributed by atoms with E-state index in [2.05, 4.69) is 5.32 Å². The number of halogens is 1. The first-order valence-corrected chi connectivity index (χ1v) is 13.7. The van der Waals surface area contributed by atoms with Crippen molar-refractivity contribution >= 4 is 39.1 Å². The summed E-state index contributed by atoms with van der Waals surface area (Å²) in [4.78, 5) is 28.1. The number of anilines is 1. The van der Waals surface area contributed by atoms with E-state index in [0.717, 1.165) is 47.4 Å². The van der Waals surface area contributed by atoms with Crippen molar-refractivity contribution < 1.29 is 18.0 Å². The summed E-state index contributed by atoms with van der Waals surface area (Å²) in [6, 6.07) is 13.2. The van der Waals surface area contributed by atoms with E-state index in [0.29, 0.717) is 10.7 Å². The number of nitrogens with zero attached hydrogens (tertiary/aromatic N) is 2. The number of amides is 2. The minimum atomic E-state index is -3.76. The highest BCUT2D eigenvalue weighted by Gasteiger charge is 2.31. The second-order valence-electron chi connectivity index (χ2n) is 8.86. The predicted octanol–water partition coefficient (Wildman–Crippen LogP) is 3.89. The molecule has 0 bridgehead atoms. The average molecular weight is 506 g/mol. The van der Waals surface area contributed by atoms with Crippen LogP contribution >= 0.6 is 11.6 Å². The SMILES string of the molecule is Cc1ccccc1CN(C(=O)CN(c1ccc(Cl)cc1)S(C)(=O)=O)[C@H](C)C(=O)NC1CCCC1. The molecule has 0 saturated heterocycles. The van der Waals surface area contributed by atoms with Gasteiger partial charge in [-0.15, -0.1) is 0 Å². The van der Waals surface area contributed by atoms with Crippen LogP contribution in [0.4, 0.5) is 5.69 Å². The lowest BCUT2D eigenvalue weighted by Crippen LogP contribution is -2.52. The second kappa shape index (κ2) is 11.2. The molecule has 0 heterocycles. The van der Waals surface area contributed by atoms with Crippen LogP contribution in [0.2, 0.25) is 5.02 Å². The molecule has 2 aromatic carbocycles. The monoisotopic (exact) mass is 505 g/mol. The Morgan fingerprint density at radius 1 is 1.09 bits per heavy atom. The number of benzene rings is 2. The number of hydrogen-bond donors (Lipinski definition) is 1. The third-order valence-electron chi connectivity index (χ3n) is 6.26. The van der Waals surface area contributed by atoms with Gasteiger partial charge in [-0.3, -0.25) is 13.9 Å². The first-order chi connectivity index (χ1) is 16.1. The van der Waals surface area contributed by atoms with Gasteiger partial charge in [0.2, 0.25) is 21.8 Å². The van der Waals surface area contributed by atoms with Gasteiger partial charge in [-0.1, -0.05) is 48.7 Å². The number of carbonyl (C=O) groups is 2. The van der Waals surface area contributed by atoms with E-state index in [1.54, 1.807) is 31.2 Å². The summed E-state index contributed by atoms with van der Waals surface area (Å²) in [5.74, 6) is -0.691. The zero-order valence-corrected chi connectivity index (χ0v) is 21.4. The maximum absolute atomic E-state index is 13.6. The van der Waals surface area contributed by atoms with Crippen molar-refractivity contribution in [1.82, 2.24) is 10.2 Å². The predicted molar refractivity (Wildman–Crippen MR) is 135 cm³/mol. The molecule has 1 aliphatic rings. The molecule has 1 fully saturated rings. The molecule has 1 saturated carbocycles. The fourth-order valence-electron chi connectivity index (χ4n) is 4.17. The summed E-state index contributed by atoms with van der Waals surface area (Å²) in [6.45, 7) is 3.40. The minimum absolute atomic E-state index is 0.118. The fourth-order valence-corrected chi connectivity index (χ4v) is 5.14. The third-order valence-corrected chi connectivity index (χ3v) is 7.66. The molecule has 1 N–H and O–H groups in total. The van der Waals surface area contributed by atoms with Crippen LogP contribution < -0.4 is 9.62 Å². The molecule has 9 heteroatoms. The molecule has 1 aliphatic carbocycles. The van der Waals surface area contributed by atoms with E-state index in [1.807, 2.05) is 31.2 Å². The highest BCUT2D eigenvalue weighted by atomic mass is 35.5. The summed E-state index contributed by atoms with van der Waals surface area (Å²) >= 11 is 5.95. The van der Waals surface area contributed by atoms with Crippen molar-refractivity contribution in [2.75, 3.05) is 17.1 Å². The molecular weight excluding hydrogens is 474 g/mol. The van der Waals surface area contributed by atoms with Crippen LogP contribution in [0.25, 0.3) is 0 Å². The van der Waals surface area contributed by atoms with Gasteiger partial charge in [0.15, 0.2) is 0 Å². The Kier molecular flexibility index (Phi) is 8.60. The minimum Gasteiger partial charge on any atom is -0.352 e. The van der Waals surface area contributed by atoms with Crippen LogP contribution in [0.1, 0.15) is 43.7 Å². The summed E-state index contributed by atoms with van der Waals surface area (Å²) in [5, 5.41) is 3.52. The lowest BCUT2D eigenvalue weighted by Gasteiger charge is -2.32. The van der Waals surface area contributed by atoms with Crippen LogP contribution in [-0.2, 0) is 26.2 Å². The lowest BCUT2D eigenvalue weighted by molar-refractivity contribution is -0.139. The molecule has 7 nitrogen and oxygen atoms in total. The summed E-state index contributed by atoms with van der Waals surface area (Å²) in [6.07, 6.45) is 5.08. The highest BCUT2D eigenvalue weighted by molar-refractivity contribution is 7.92. The second-order valence-corrected chi connectivity index (χ2v) is 11.2. The molecule has 0 aliphatic heterocycles. The molecular formula is C25H32ClN3O4S. The number of rotatable bonds is 9. The molecule has 184 valence electrons. The van der Waals surface area contributed by atoms with Gasteiger partial charge < -0.3 is 10.2 Å². The summed E-state index contributed by atoms with van der Waals surface area (Å²) in [5.41, 5.74) is 2.22. The van der Waals surface area contributed by atoms with Crippen molar-refractivity contribution in [2.45, 2.75) is 58.2 Å². The van der Waals surface area contributed by atoms with E-state index in [4.69, 9.17) is 11.6 Å². The Labute approximate surface area is 207 Å². The van der Waals surface area contributed by atoms with Crippen LogP contribution in [0.3, 0.4) is 0 Å². The maximum atomic E-state index is 13.6. The van der Waals surface area contributed by atoms with E-state index in [-0.39, 0.29) is 18.5 Å². The molecule has 2 aromatic rings. The van der Waals surface area contributed by atoms with Crippen LogP contribution in [0.5, 0.6) is 0 Å². The lowest BCUT2D eigenvalue weighted by atomic mass is 10.1.